The van der Waals surface area contributed by atoms with Gasteiger partial charge in [-0.15, -0.1) is 0 Å². The Bertz CT molecular complexity index is 196. The Morgan fingerprint density at radius 1 is 1.58 bits per heavy atom. The third kappa shape index (κ3) is 2.06. The summed E-state index contributed by atoms with van der Waals surface area (Å²) in [6.45, 7) is 3.58. The molecule has 3 heteroatoms. The highest BCUT2D eigenvalue weighted by atomic mass is 16.5. The van der Waals surface area contributed by atoms with Crippen LogP contribution < -0.4 is 0 Å². The smallest absolute Gasteiger partial charge is 0.316 e. The van der Waals surface area contributed by atoms with E-state index in [2.05, 4.69) is 0 Å². The molecular weight excluding hydrogens is 156 g/mol. The minimum atomic E-state index is -0.465. The SMILES string of the molecule is CC(C)OC(=O)[C@H]1CCCC1=O. The van der Waals surface area contributed by atoms with Gasteiger partial charge >= 0.3 is 5.97 Å². The van der Waals surface area contributed by atoms with Gasteiger partial charge in [0, 0.05) is 6.42 Å². The summed E-state index contributed by atoms with van der Waals surface area (Å²) in [5.41, 5.74) is 0. The van der Waals surface area contributed by atoms with Crippen LogP contribution >= 0.6 is 0 Å². The number of rotatable bonds is 2. The van der Waals surface area contributed by atoms with E-state index in [1.54, 1.807) is 13.8 Å². The number of carbonyl (C=O) groups excluding carboxylic acids is 2. The Morgan fingerprint density at radius 3 is 2.67 bits per heavy atom. The number of esters is 1. The Labute approximate surface area is 72.1 Å². The highest BCUT2D eigenvalue weighted by Crippen LogP contribution is 2.22. The lowest BCUT2D eigenvalue weighted by Crippen LogP contribution is -2.23. The third-order valence-corrected chi connectivity index (χ3v) is 1.94. The number of hydrogen-bond donors (Lipinski definition) is 0. The van der Waals surface area contributed by atoms with E-state index in [9.17, 15) is 9.59 Å². The standard InChI is InChI=1S/C9H14O3/c1-6(2)12-9(11)7-4-3-5-8(7)10/h6-7H,3-5H2,1-2H3/t7-/m0/s1. The van der Waals surface area contributed by atoms with Crippen LogP contribution in [0.3, 0.4) is 0 Å². The zero-order chi connectivity index (χ0) is 9.14. The maximum absolute atomic E-state index is 11.2. The van der Waals surface area contributed by atoms with Gasteiger partial charge in [-0.3, -0.25) is 9.59 Å². The van der Waals surface area contributed by atoms with Crippen molar-refractivity contribution in [1.82, 2.24) is 0 Å². The largest absolute Gasteiger partial charge is 0.462 e. The molecule has 0 aromatic rings. The van der Waals surface area contributed by atoms with Gasteiger partial charge in [-0.25, -0.2) is 0 Å². The second-order valence-electron chi connectivity index (χ2n) is 3.40. The lowest BCUT2D eigenvalue weighted by molar-refractivity contribution is -0.154. The molecular formula is C9H14O3. The van der Waals surface area contributed by atoms with E-state index in [4.69, 9.17) is 4.74 Å². The molecule has 1 rings (SSSR count). The Morgan fingerprint density at radius 2 is 2.25 bits per heavy atom. The lowest BCUT2D eigenvalue weighted by atomic mass is 10.1. The third-order valence-electron chi connectivity index (χ3n) is 1.94. The van der Waals surface area contributed by atoms with Gasteiger partial charge in [-0.05, 0) is 26.7 Å². The molecule has 1 fully saturated rings. The highest BCUT2D eigenvalue weighted by molar-refractivity contribution is 6.00. The summed E-state index contributed by atoms with van der Waals surface area (Å²) in [6.07, 6.45) is 1.92. The summed E-state index contributed by atoms with van der Waals surface area (Å²) >= 11 is 0. The highest BCUT2D eigenvalue weighted by Gasteiger charge is 2.32. The maximum Gasteiger partial charge on any atom is 0.316 e. The average Bonchev–Trinajstić information content (AvgIpc) is 2.33. The van der Waals surface area contributed by atoms with Crippen LogP contribution in [0.4, 0.5) is 0 Å². The summed E-state index contributed by atoms with van der Waals surface area (Å²) in [5.74, 6) is -0.763. The summed E-state index contributed by atoms with van der Waals surface area (Å²) in [6, 6.07) is 0. The summed E-state index contributed by atoms with van der Waals surface area (Å²) < 4.78 is 4.94. The zero-order valence-electron chi connectivity index (χ0n) is 7.50. The van der Waals surface area contributed by atoms with Crippen LogP contribution in [0.5, 0.6) is 0 Å². The second-order valence-corrected chi connectivity index (χ2v) is 3.40. The number of ketones is 1. The molecule has 0 aromatic heterocycles. The fourth-order valence-corrected chi connectivity index (χ4v) is 1.38. The molecule has 3 nitrogen and oxygen atoms in total. The van der Waals surface area contributed by atoms with Gasteiger partial charge < -0.3 is 4.74 Å². The van der Waals surface area contributed by atoms with Gasteiger partial charge in [0.15, 0.2) is 0 Å². The van der Waals surface area contributed by atoms with E-state index < -0.39 is 5.92 Å². The molecule has 1 aliphatic carbocycles. The fraction of sp³-hybridized carbons (Fsp3) is 0.778. The van der Waals surface area contributed by atoms with Gasteiger partial charge in [0.05, 0.1) is 6.10 Å². The summed E-state index contributed by atoms with van der Waals surface area (Å²) in [5, 5.41) is 0. The molecule has 0 saturated heterocycles. The maximum atomic E-state index is 11.2. The molecule has 68 valence electrons. The molecule has 1 saturated carbocycles. The Kier molecular flexibility index (Phi) is 2.84. The van der Waals surface area contributed by atoms with E-state index >= 15 is 0 Å². The van der Waals surface area contributed by atoms with Gasteiger partial charge in [-0.2, -0.15) is 0 Å². The van der Waals surface area contributed by atoms with Crippen molar-refractivity contribution >= 4 is 11.8 Å². The first-order valence-corrected chi connectivity index (χ1v) is 4.34. The monoisotopic (exact) mass is 170 g/mol. The first-order chi connectivity index (χ1) is 5.61. The molecule has 1 atom stereocenters. The van der Waals surface area contributed by atoms with Crippen LogP contribution in [-0.2, 0) is 14.3 Å². The van der Waals surface area contributed by atoms with Crippen molar-refractivity contribution in [3.63, 3.8) is 0 Å². The molecule has 1 aliphatic rings. The van der Waals surface area contributed by atoms with Gasteiger partial charge in [0.2, 0.25) is 0 Å². The molecule has 0 bridgehead atoms. The molecule has 0 radical (unpaired) electrons. The summed E-state index contributed by atoms with van der Waals surface area (Å²) in [7, 11) is 0. The molecule has 12 heavy (non-hydrogen) atoms. The number of ether oxygens (including phenoxy) is 1. The molecule has 0 unspecified atom stereocenters. The second kappa shape index (κ2) is 3.70. The minimum Gasteiger partial charge on any atom is -0.462 e. The van der Waals surface area contributed by atoms with Crippen molar-refractivity contribution in [2.75, 3.05) is 0 Å². The van der Waals surface area contributed by atoms with Crippen LogP contribution in [0.2, 0.25) is 0 Å². The molecule has 0 N–H and O–H groups in total. The Hall–Kier alpha value is -0.860. The minimum absolute atomic E-state index is 0.0423. The van der Waals surface area contributed by atoms with Crippen molar-refractivity contribution in [3.8, 4) is 0 Å². The van der Waals surface area contributed by atoms with E-state index in [0.29, 0.717) is 12.8 Å². The Balaban J connectivity index is 2.46. The van der Waals surface area contributed by atoms with E-state index in [0.717, 1.165) is 6.42 Å². The molecule has 0 amide bonds. The van der Waals surface area contributed by atoms with Gasteiger partial charge in [-0.1, -0.05) is 0 Å². The van der Waals surface area contributed by atoms with Crippen molar-refractivity contribution < 1.29 is 14.3 Å². The molecule has 0 aromatic carbocycles. The first kappa shape index (κ1) is 9.23. The average molecular weight is 170 g/mol. The number of Topliss-reactive ketones (excluding diaryl/α,β-unsaturated/α-hetero) is 1. The lowest BCUT2D eigenvalue weighted by Gasteiger charge is -2.10. The van der Waals surface area contributed by atoms with Crippen molar-refractivity contribution in [1.29, 1.82) is 0 Å². The van der Waals surface area contributed by atoms with E-state index in [-0.39, 0.29) is 17.9 Å². The zero-order valence-corrected chi connectivity index (χ0v) is 7.50. The van der Waals surface area contributed by atoms with E-state index in [1.165, 1.54) is 0 Å². The predicted molar refractivity (Wildman–Crippen MR) is 43.6 cm³/mol. The van der Waals surface area contributed by atoms with Gasteiger partial charge in [0.25, 0.3) is 0 Å². The topological polar surface area (TPSA) is 43.4 Å². The normalized spacial score (nSPS) is 23.2. The van der Waals surface area contributed by atoms with Crippen LogP contribution in [0.1, 0.15) is 33.1 Å². The number of hydrogen-bond acceptors (Lipinski definition) is 3. The fourth-order valence-electron chi connectivity index (χ4n) is 1.38. The predicted octanol–water partition coefficient (Wildman–Crippen LogP) is 1.31. The van der Waals surface area contributed by atoms with Crippen LogP contribution in [0.15, 0.2) is 0 Å². The number of carbonyl (C=O) groups is 2. The van der Waals surface area contributed by atoms with E-state index in [1.807, 2.05) is 0 Å². The van der Waals surface area contributed by atoms with Crippen molar-refractivity contribution in [3.05, 3.63) is 0 Å². The first-order valence-electron chi connectivity index (χ1n) is 4.34. The van der Waals surface area contributed by atoms with Crippen LogP contribution in [0.25, 0.3) is 0 Å². The van der Waals surface area contributed by atoms with Crippen molar-refractivity contribution in [2.24, 2.45) is 5.92 Å². The summed E-state index contributed by atoms with van der Waals surface area (Å²) in [4.78, 5) is 22.3. The quantitative estimate of drug-likeness (QED) is 0.463. The van der Waals surface area contributed by atoms with Crippen LogP contribution in [-0.4, -0.2) is 17.9 Å². The molecule has 0 spiro atoms. The van der Waals surface area contributed by atoms with Gasteiger partial charge in [0.1, 0.15) is 11.7 Å². The van der Waals surface area contributed by atoms with Crippen LogP contribution in [0, 0.1) is 5.92 Å². The molecule has 0 aliphatic heterocycles. The van der Waals surface area contributed by atoms with Crippen molar-refractivity contribution in [2.45, 2.75) is 39.2 Å². The molecule has 0 heterocycles.